The molecule has 0 amide bonds. The van der Waals surface area contributed by atoms with Crippen molar-refractivity contribution in [3.8, 4) is 6.07 Å². The van der Waals surface area contributed by atoms with Crippen molar-refractivity contribution in [2.75, 3.05) is 6.61 Å². The Balaban J connectivity index is 2.36. The van der Waals surface area contributed by atoms with Gasteiger partial charge in [-0.25, -0.2) is 4.79 Å². The van der Waals surface area contributed by atoms with Gasteiger partial charge in [-0.2, -0.15) is 5.26 Å². The van der Waals surface area contributed by atoms with E-state index in [0.717, 1.165) is 0 Å². The molecule has 0 saturated heterocycles. The van der Waals surface area contributed by atoms with Crippen LogP contribution in [0, 0.1) is 11.3 Å². The van der Waals surface area contributed by atoms with Gasteiger partial charge in [0.05, 0.1) is 31.3 Å². The van der Waals surface area contributed by atoms with E-state index in [1.165, 1.54) is 41.6 Å². The molecule has 0 spiro atoms. The Morgan fingerprint density at radius 1 is 1.48 bits per heavy atom. The number of esters is 1. The van der Waals surface area contributed by atoms with Crippen LogP contribution in [0.25, 0.3) is 0 Å². The molecule has 0 N–H and O–H groups in total. The van der Waals surface area contributed by atoms with E-state index >= 15 is 0 Å². The number of hydrogen-bond acceptors (Lipinski definition) is 6. The van der Waals surface area contributed by atoms with Crippen LogP contribution in [0.2, 0.25) is 10.0 Å². The van der Waals surface area contributed by atoms with Crippen LogP contribution in [0.4, 0.5) is 0 Å². The van der Waals surface area contributed by atoms with Gasteiger partial charge in [0, 0.05) is 12.4 Å². The van der Waals surface area contributed by atoms with Crippen LogP contribution in [0.3, 0.4) is 0 Å². The summed E-state index contributed by atoms with van der Waals surface area (Å²) in [4.78, 5) is 16.6. The van der Waals surface area contributed by atoms with Crippen molar-refractivity contribution >= 4 is 52.3 Å². The maximum atomic E-state index is 11.7. The second-order valence-corrected chi connectivity index (χ2v) is 6.82. The molecule has 0 atom stereocenters. The molecule has 0 aliphatic carbocycles. The Bertz CT molecular complexity index is 705. The molecule has 2 rings (SSSR count). The van der Waals surface area contributed by atoms with Gasteiger partial charge >= 0.3 is 5.97 Å². The number of carbonyl (C=O) groups is 1. The monoisotopic (exact) mass is 358 g/mol. The van der Waals surface area contributed by atoms with Crippen LogP contribution in [0.1, 0.15) is 22.2 Å². The molecule has 0 bridgehead atoms. The number of carbonyl (C=O) groups excluding carboxylic acids is 1. The standard InChI is InChI=1S/C13H8Cl2N2O2S2/c1-2-19-12(18)10-3-7(4-16)13(20-10)21-11-8(14)5-17-6-9(11)15/h3,5-6H,2H2,1H3. The van der Waals surface area contributed by atoms with Crippen LogP contribution >= 0.6 is 46.3 Å². The molecule has 8 heteroatoms. The lowest BCUT2D eigenvalue weighted by Crippen LogP contribution is -2.01. The SMILES string of the molecule is CCOC(=O)c1cc(C#N)c(Sc2c(Cl)cncc2Cl)s1. The van der Waals surface area contributed by atoms with Gasteiger partial charge in [-0.1, -0.05) is 35.0 Å². The van der Waals surface area contributed by atoms with E-state index in [9.17, 15) is 10.1 Å². The van der Waals surface area contributed by atoms with Crippen molar-refractivity contribution in [3.05, 3.63) is 38.9 Å². The Morgan fingerprint density at radius 3 is 2.71 bits per heavy atom. The lowest BCUT2D eigenvalue weighted by molar-refractivity contribution is 0.0532. The minimum Gasteiger partial charge on any atom is -0.462 e. The summed E-state index contributed by atoms with van der Waals surface area (Å²) in [5.41, 5.74) is 0.386. The average Bonchev–Trinajstić information content (AvgIpc) is 2.86. The number of hydrogen-bond donors (Lipinski definition) is 0. The highest BCUT2D eigenvalue weighted by molar-refractivity contribution is 8.01. The smallest absolute Gasteiger partial charge is 0.348 e. The van der Waals surface area contributed by atoms with Crippen molar-refractivity contribution in [2.24, 2.45) is 0 Å². The number of halogens is 2. The Hall–Kier alpha value is -1.26. The molecule has 0 aromatic carbocycles. The van der Waals surface area contributed by atoms with Crippen LogP contribution in [-0.2, 0) is 4.74 Å². The number of rotatable bonds is 4. The molecule has 0 saturated carbocycles. The molecule has 0 radical (unpaired) electrons. The van der Waals surface area contributed by atoms with Crippen molar-refractivity contribution in [3.63, 3.8) is 0 Å². The third-order valence-electron chi connectivity index (χ3n) is 2.30. The predicted molar refractivity (Wildman–Crippen MR) is 83.4 cm³/mol. The van der Waals surface area contributed by atoms with Crippen LogP contribution < -0.4 is 0 Å². The molecular weight excluding hydrogens is 351 g/mol. The zero-order chi connectivity index (χ0) is 15.4. The van der Waals surface area contributed by atoms with Crippen LogP contribution in [0.5, 0.6) is 0 Å². The first-order chi connectivity index (χ1) is 10.1. The predicted octanol–water partition coefficient (Wildman–Crippen LogP) is 4.65. The number of thiophene rings is 1. The van der Waals surface area contributed by atoms with E-state index < -0.39 is 5.97 Å². The van der Waals surface area contributed by atoms with E-state index in [0.29, 0.717) is 29.6 Å². The highest BCUT2D eigenvalue weighted by Gasteiger charge is 2.18. The number of nitrogens with zero attached hydrogens (tertiary/aromatic N) is 2. The van der Waals surface area contributed by atoms with Gasteiger partial charge in [0.25, 0.3) is 0 Å². The molecule has 0 unspecified atom stereocenters. The summed E-state index contributed by atoms with van der Waals surface area (Å²) in [6.07, 6.45) is 2.95. The minimum atomic E-state index is -0.447. The van der Waals surface area contributed by atoms with Crippen LogP contribution in [0.15, 0.2) is 27.6 Å². The molecule has 0 aliphatic rings. The van der Waals surface area contributed by atoms with E-state index in [1.54, 1.807) is 6.92 Å². The Morgan fingerprint density at radius 2 is 2.14 bits per heavy atom. The van der Waals surface area contributed by atoms with E-state index in [2.05, 4.69) is 11.1 Å². The zero-order valence-electron chi connectivity index (χ0n) is 10.7. The zero-order valence-corrected chi connectivity index (χ0v) is 13.9. The van der Waals surface area contributed by atoms with Crippen molar-refractivity contribution < 1.29 is 9.53 Å². The number of nitriles is 1. The summed E-state index contributed by atoms with van der Waals surface area (Å²) in [7, 11) is 0. The van der Waals surface area contributed by atoms with E-state index in [-0.39, 0.29) is 6.61 Å². The second kappa shape index (κ2) is 7.14. The molecule has 21 heavy (non-hydrogen) atoms. The first-order valence-electron chi connectivity index (χ1n) is 5.74. The summed E-state index contributed by atoms with van der Waals surface area (Å²) in [6, 6.07) is 3.56. The number of aromatic nitrogens is 1. The molecule has 4 nitrogen and oxygen atoms in total. The van der Waals surface area contributed by atoms with Gasteiger partial charge in [0.1, 0.15) is 10.9 Å². The summed E-state index contributed by atoms with van der Waals surface area (Å²) in [5, 5.41) is 9.96. The lowest BCUT2D eigenvalue weighted by atomic mass is 10.3. The Labute approximate surface area is 139 Å². The molecule has 2 heterocycles. The topological polar surface area (TPSA) is 63.0 Å². The summed E-state index contributed by atoms with van der Waals surface area (Å²) in [6.45, 7) is 2.01. The van der Waals surface area contributed by atoms with Crippen molar-refractivity contribution in [1.29, 1.82) is 5.26 Å². The number of pyridine rings is 1. The van der Waals surface area contributed by atoms with Gasteiger partial charge < -0.3 is 4.74 Å². The fourth-order valence-corrected chi connectivity index (χ4v) is 4.14. The van der Waals surface area contributed by atoms with Gasteiger partial charge in [-0.15, -0.1) is 11.3 Å². The fraction of sp³-hybridized carbons (Fsp3) is 0.154. The fourth-order valence-electron chi connectivity index (χ4n) is 1.42. The largest absolute Gasteiger partial charge is 0.462 e. The number of ether oxygens (including phenoxy) is 1. The molecule has 0 aliphatic heterocycles. The van der Waals surface area contributed by atoms with Gasteiger partial charge in [0.15, 0.2) is 0 Å². The summed E-state index contributed by atoms with van der Waals surface area (Å²) in [5.74, 6) is -0.447. The first-order valence-corrected chi connectivity index (χ1v) is 8.13. The molecular formula is C13H8Cl2N2O2S2. The van der Waals surface area contributed by atoms with Crippen molar-refractivity contribution in [1.82, 2.24) is 4.98 Å². The lowest BCUT2D eigenvalue weighted by Gasteiger charge is -2.04. The maximum absolute atomic E-state index is 11.7. The second-order valence-electron chi connectivity index (χ2n) is 3.68. The maximum Gasteiger partial charge on any atom is 0.348 e. The van der Waals surface area contributed by atoms with E-state index in [1.807, 2.05) is 0 Å². The van der Waals surface area contributed by atoms with Gasteiger partial charge in [-0.05, 0) is 13.0 Å². The van der Waals surface area contributed by atoms with Crippen molar-refractivity contribution in [2.45, 2.75) is 16.0 Å². The van der Waals surface area contributed by atoms with Crippen LogP contribution in [-0.4, -0.2) is 17.6 Å². The van der Waals surface area contributed by atoms with Gasteiger partial charge in [0.2, 0.25) is 0 Å². The molecule has 0 fully saturated rings. The third kappa shape index (κ3) is 3.69. The quantitative estimate of drug-likeness (QED) is 0.744. The first kappa shape index (κ1) is 16.1. The average molecular weight is 359 g/mol. The third-order valence-corrected chi connectivity index (χ3v) is 5.56. The van der Waals surface area contributed by atoms with Gasteiger partial charge in [-0.3, -0.25) is 4.98 Å². The summed E-state index contributed by atoms with van der Waals surface area (Å²) >= 11 is 14.5. The molecule has 108 valence electrons. The molecule has 2 aromatic heterocycles. The Kier molecular flexibility index (Phi) is 5.48. The minimum absolute atomic E-state index is 0.281. The summed E-state index contributed by atoms with van der Waals surface area (Å²) < 4.78 is 5.56. The highest BCUT2D eigenvalue weighted by Crippen LogP contribution is 2.42. The normalized spacial score (nSPS) is 10.2. The van der Waals surface area contributed by atoms with E-state index in [4.69, 9.17) is 27.9 Å². The highest BCUT2D eigenvalue weighted by atomic mass is 35.5. The molecule has 2 aromatic rings.